The van der Waals surface area contributed by atoms with E-state index in [2.05, 4.69) is 5.32 Å². The number of hydrogen-bond acceptors (Lipinski definition) is 4. The Kier molecular flexibility index (Phi) is 8.06. The summed E-state index contributed by atoms with van der Waals surface area (Å²) in [6, 6.07) is 17.9. The first-order valence-electron chi connectivity index (χ1n) is 10.8. The van der Waals surface area contributed by atoms with Gasteiger partial charge in [-0.15, -0.1) is 0 Å². The molecule has 6 nitrogen and oxygen atoms in total. The number of benzene rings is 3. The fraction of sp³-hybridized carbons (Fsp3) is 0.240. The van der Waals surface area contributed by atoms with Crippen LogP contribution in [0.1, 0.15) is 31.4 Å². The van der Waals surface area contributed by atoms with Gasteiger partial charge in [0, 0.05) is 18.3 Å². The summed E-state index contributed by atoms with van der Waals surface area (Å²) in [7, 11) is -4.51. The molecule has 0 spiro atoms. The molecule has 186 valence electrons. The van der Waals surface area contributed by atoms with Gasteiger partial charge in [0.1, 0.15) is 10.6 Å². The number of anilines is 1. The van der Waals surface area contributed by atoms with Crippen molar-refractivity contribution in [2.75, 3.05) is 5.32 Å². The lowest BCUT2D eigenvalue weighted by Gasteiger charge is -2.29. The minimum Gasteiger partial charge on any atom is -0.379 e. The van der Waals surface area contributed by atoms with Gasteiger partial charge < -0.3 is 14.4 Å². The van der Waals surface area contributed by atoms with Crippen LogP contribution in [0.2, 0.25) is 0 Å². The molecule has 0 aliphatic heterocycles. The van der Waals surface area contributed by atoms with Crippen molar-refractivity contribution in [2.45, 2.75) is 43.9 Å². The highest BCUT2D eigenvalue weighted by Crippen LogP contribution is 2.31. The van der Waals surface area contributed by atoms with E-state index in [1.165, 1.54) is 12.1 Å². The van der Waals surface area contributed by atoms with Gasteiger partial charge in [-0.05, 0) is 61.4 Å². The number of nitrogens with one attached hydrogen (secondary N) is 1. The van der Waals surface area contributed by atoms with E-state index in [1.54, 1.807) is 41.3 Å². The molecule has 0 heterocycles. The van der Waals surface area contributed by atoms with E-state index in [4.69, 9.17) is 4.18 Å². The van der Waals surface area contributed by atoms with Crippen molar-refractivity contribution in [3.63, 3.8) is 0 Å². The Morgan fingerprint density at radius 3 is 2.34 bits per heavy atom. The van der Waals surface area contributed by atoms with Gasteiger partial charge in [-0.3, -0.25) is 0 Å². The third-order valence-electron chi connectivity index (χ3n) is 5.32. The number of urea groups is 1. The molecule has 1 atom stereocenters. The lowest BCUT2D eigenvalue weighted by Crippen LogP contribution is -2.40. The second kappa shape index (κ2) is 10.8. The van der Waals surface area contributed by atoms with Gasteiger partial charge in [0.15, 0.2) is 0 Å². The van der Waals surface area contributed by atoms with Crippen LogP contribution in [-0.2, 0) is 22.8 Å². The van der Waals surface area contributed by atoms with E-state index in [0.717, 1.165) is 18.2 Å². The molecule has 3 rings (SSSR count). The highest BCUT2D eigenvalue weighted by atomic mass is 32.2. The first-order chi connectivity index (χ1) is 16.5. The summed E-state index contributed by atoms with van der Waals surface area (Å²) in [5.41, 5.74) is 0.130. The highest BCUT2D eigenvalue weighted by molar-refractivity contribution is 7.87. The lowest BCUT2D eigenvalue weighted by atomic mass is 10.1. The Morgan fingerprint density at radius 1 is 1.00 bits per heavy atom. The summed E-state index contributed by atoms with van der Waals surface area (Å²) in [4.78, 5) is 13.9. The second-order valence-electron chi connectivity index (χ2n) is 7.89. The molecule has 2 amide bonds. The number of rotatable bonds is 8. The van der Waals surface area contributed by atoms with Crippen molar-refractivity contribution < 1.29 is 30.6 Å². The van der Waals surface area contributed by atoms with Crippen LogP contribution in [-0.4, -0.2) is 25.4 Å². The molecule has 0 radical (unpaired) electrons. The van der Waals surface area contributed by atoms with Crippen LogP contribution in [0, 0.1) is 0 Å². The van der Waals surface area contributed by atoms with E-state index in [9.17, 15) is 26.4 Å². The summed E-state index contributed by atoms with van der Waals surface area (Å²) < 4.78 is 69.3. The van der Waals surface area contributed by atoms with Gasteiger partial charge in [0.2, 0.25) is 0 Å². The minimum atomic E-state index is -4.69. The van der Waals surface area contributed by atoms with E-state index in [-0.39, 0.29) is 24.4 Å². The molecule has 0 aliphatic carbocycles. The molecule has 0 aromatic heterocycles. The molecule has 0 saturated carbocycles. The third kappa shape index (κ3) is 6.98. The number of hydrogen-bond donors (Lipinski definition) is 1. The normalized spacial score (nSPS) is 12.6. The summed E-state index contributed by atoms with van der Waals surface area (Å²) >= 11 is 0. The molecule has 0 saturated heterocycles. The maximum atomic E-state index is 13.0. The zero-order chi connectivity index (χ0) is 25.6. The molecule has 0 aliphatic rings. The van der Waals surface area contributed by atoms with Gasteiger partial charge in [0.25, 0.3) is 0 Å². The maximum absolute atomic E-state index is 13.0. The number of carbonyl (C=O) groups is 1. The van der Waals surface area contributed by atoms with Gasteiger partial charge in [-0.2, -0.15) is 21.6 Å². The highest BCUT2D eigenvalue weighted by Gasteiger charge is 2.32. The van der Waals surface area contributed by atoms with Gasteiger partial charge in [-0.25, -0.2) is 4.79 Å². The van der Waals surface area contributed by atoms with E-state index in [0.29, 0.717) is 23.7 Å². The minimum absolute atomic E-state index is 0.0764. The van der Waals surface area contributed by atoms with Crippen LogP contribution in [0.15, 0.2) is 83.8 Å². The fourth-order valence-corrected chi connectivity index (χ4v) is 4.23. The topological polar surface area (TPSA) is 75.7 Å². The molecule has 1 N–H and O–H groups in total. The number of nitrogens with zero attached hydrogens (tertiary/aromatic N) is 1. The Hall–Kier alpha value is -3.53. The maximum Gasteiger partial charge on any atom is 0.416 e. The van der Waals surface area contributed by atoms with E-state index < -0.39 is 26.8 Å². The quantitative estimate of drug-likeness (QED) is 0.364. The number of carbonyl (C=O) groups excluding carboxylic acids is 1. The standard InChI is InChI=1S/C25H25F3N2O4S/c1-3-18(2)30(24(31)29-21-11-5-4-6-12-21)17-19-9-7-13-22(15-19)34-35(32,33)23-14-8-10-20(16-23)25(26,27)28/h4-16,18H,3,17H2,1-2H3,(H,29,31). The SMILES string of the molecule is CCC(C)N(Cc1cccc(OS(=O)(=O)c2cccc(C(F)(F)F)c2)c1)C(=O)Nc1ccccc1. The van der Waals surface area contributed by atoms with Crippen molar-refractivity contribution in [1.82, 2.24) is 4.90 Å². The lowest BCUT2D eigenvalue weighted by molar-refractivity contribution is -0.137. The zero-order valence-electron chi connectivity index (χ0n) is 19.1. The second-order valence-corrected chi connectivity index (χ2v) is 9.44. The molecular formula is C25H25F3N2O4S. The van der Waals surface area contributed by atoms with Crippen LogP contribution < -0.4 is 9.50 Å². The predicted molar refractivity (Wildman–Crippen MR) is 126 cm³/mol. The monoisotopic (exact) mass is 506 g/mol. The average molecular weight is 507 g/mol. The molecule has 1 unspecified atom stereocenters. The number of alkyl halides is 3. The van der Waals surface area contributed by atoms with Crippen LogP contribution in [0.3, 0.4) is 0 Å². The average Bonchev–Trinajstić information content (AvgIpc) is 2.82. The fourth-order valence-electron chi connectivity index (χ4n) is 3.26. The van der Waals surface area contributed by atoms with Crippen molar-refractivity contribution in [3.8, 4) is 5.75 Å². The molecular weight excluding hydrogens is 481 g/mol. The smallest absolute Gasteiger partial charge is 0.379 e. The summed E-state index contributed by atoms with van der Waals surface area (Å²) in [6.07, 6.45) is -4.01. The Morgan fingerprint density at radius 2 is 1.69 bits per heavy atom. The van der Waals surface area contributed by atoms with Crippen molar-refractivity contribution in [2.24, 2.45) is 0 Å². The molecule has 0 bridgehead atoms. The van der Waals surface area contributed by atoms with Crippen molar-refractivity contribution in [3.05, 3.63) is 90.0 Å². The summed E-state index contributed by atoms with van der Waals surface area (Å²) in [5.74, 6) is -0.0764. The van der Waals surface area contributed by atoms with E-state index >= 15 is 0 Å². The van der Waals surface area contributed by atoms with Gasteiger partial charge in [0.05, 0.1) is 5.56 Å². The van der Waals surface area contributed by atoms with Crippen LogP contribution in [0.25, 0.3) is 0 Å². The zero-order valence-corrected chi connectivity index (χ0v) is 19.9. The molecule has 3 aromatic carbocycles. The largest absolute Gasteiger partial charge is 0.416 e. The molecule has 0 fully saturated rings. The predicted octanol–water partition coefficient (Wildman–Crippen LogP) is 6.31. The Balaban J connectivity index is 1.80. The van der Waals surface area contributed by atoms with Crippen LogP contribution >= 0.6 is 0 Å². The van der Waals surface area contributed by atoms with Gasteiger partial charge in [-0.1, -0.05) is 43.3 Å². The number of amides is 2. The first kappa shape index (κ1) is 26.1. The van der Waals surface area contributed by atoms with Crippen LogP contribution in [0.5, 0.6) is 5.75 Å². The summed E-state index contributed by atoms with van der Waals surface area (Å²) in [6.45, 7) is 3.99. The molecule has 35 heavy (non-hydrogen) atoms. The third-order valence-corrected chi connectivity index (χ3v) is 6.56. The molecule has 10 heteroatoms. The molecule has 3 aromatic rings. The Bertz CT molecular complexity index is 1260. The first-order valence-corrected chi connectivity index (χ1v) is 12.2. The Labute approximate surface area is 202 Å². The van der Waals surface area contributed by atoms with Crippen molar-refractivity contribution >= 4 is 21.8 Å². The van der Waals surface area contributed by atoms with E-state index in [1.807, 2.05) is 19.9 Å². The number of para-hydroxylation sites is 1. The number of halogens is 3. The van der Waals surface area contributed by atoms with Gasteiger partial charge >= 0.3 is 22.3 Å². The summed E-state index contributed by atoms with van der Waals surface area (Å²) in [5, 5.41) is 2.84. The van der Waals surface area contributed by atoms with Crippen LogP contribution in [0.4, 0.5) is 23.7 Å². The van der Waals surface area contributed by atoms with Crippen molar-refractivity contribution in [1.29, 1.82) is 0 Å².